The lowest BCUT2D eigenvalue weighted by molar-refractivity contribution is -0.144. The second-order valence-electron chi connectivity index (χ2n) is 3.39. The zero-order valence-electron chi connectivity index (χ0n) is 9.55. The van der Waals surface area contributed by atoms with E-state index in [1.807, 2.05) is 12.3 Å². The van der Waals surface area contributed by atoms with Gasteiger partial charge in [0.2, 0.25) is 0 Å². The van der Waals surface area contributed by atoms with Crippen molar-refractivity contribution >= 4 is 17.7 Å². The van der Waals surface area contributed by atoms with Gasteiger partial charge >= 0.3 is 5.97 Å². The smallest absolute Gasteiger partial charge is 0.328 e. The molecule has 0 aromatic carbocycles. The van der Waals surface area contributed by atoms with Gasteiger partial charge in [-0.1, -0.05) is 0 Å². The fourth-order valence-corrected chi connectivity index (χ4v) is 2.06. The van der Waals surface area contributed by atoms with E-state index in [1.54, 1.807) is 28.6 Å². The van der Waals surface area contributed by atoms with E-state index in [4.69, 9.17) is 9.84 Å². The van der Waals surface area contributed by atoms with E-state index in [0.717, 1.165) is 11.4 Å². The summed E-state index contributed by atoms with van der Waals surface area (Å²) in [6, 6.07) is 3.28. The molecule has 4 nitrogen and oxygen atoms in total. The first-order chi connectivity index (χ1) is 7.74. The fourth-order valence-electron chi connectivity index (χ4n) is 1.60. The molecule has 0 bridgehead atoms. The number of aromatic nitrogens is 1. The molecule has 0 aliphatic carbocycles. The van der Waals surface area contributed by atoms with E-state index in [1.165, 1.54) is 7.11 Å². The highest BCUT2D eigenvalue weighted by Crippen LogP contribution is 2.19. The van der Waals surface area contributed by atoms with E-state index >= 15 is 0 Å². The zero-order chi connectivity index (χ0) is 12.0. The zero-order valence-corrected chi connectivity index (χ0v) is 10.4. The van der Waals surface area contributed by atoms with Gasteiger partial charge in [0.25, 0.3) is 0 Å². The minimum atomic E-state index is -0.338. The standard InChI is InChI=1S/C11H17NO3S/c1-15-11(14)10(5-7-16-2)12-6-3-4-9(12)8-13/h3-4,6,10,13H,5,7-8H2,1-2H3/t10-/m0/s1. The molecule has 0 aliphatic heterocycles. The van der Waals surface area contributed by atoms with Crippen LogP contribution in [0.3, 0.4) is 0 Å². The maximum Gasteiger partial charge on any atom is 0.328 e. The van der Waals surface area contributed by atoms with Gasteiger partial charge in [0.05, 0.1) is 13.7 Å². The Morgan fingerprint density at radius 2 is 2.44 bits per heavy atom. The van der Waals surface area contributed by atoms with Crippen LogP contribution in [0.25, 0.3) is 0 Å². The molecule has 1 heterocycles. The van der Waals surface area contributed by atoms with Gasteiger partial charge in [-0.05, 0) is 30.6 Å². The average molecular weight is 243 g/mol. The van der Waals surface area contributed by atoms with Gasteiger partial charge in [-0.3, -0.25) is 0 Å². The van der Waals surface area contributed by atoms with Gasteiger partial charge in [-0.15, -0.1) is 0 Å². The van der Waals surface area contributed by atoms with Crippen molar-refractivity contribution in [2.75, 3.05) is 19.1 Å². The van der Waals surface area contributed by atoms with Crippen LogP contribution in [0.5, 0.6) is 0 Å². The number of nitrogens with zero attached hydrogens (tertiary/aromatic N) is 1. The van der Waals surface area contributed by atoms with E-state index < -0.39 is 0 Å². The van der Waals surface area contributed by atoms with Crippen molar-refractivity contribution in [2.45, 2.75) is 19.1 Å². The second-order valence-corrected chi connectivity index (χ2v) is 4.37. The summed E-state index contributed by atoms with van der Waals surface area (Å²) < 4.78 is 6.56. The largest absolute Gasteiger partial charge is 0.467 e. The molecule has 0 radical (unpaired) electrons. The highest BCUT2D eigenvalue weighted by molar-refractivity contribution is 7.98. The molecular weight excluding hydrogens is 226 g/mol. The lowest BCUT2D eigenvalue weighted by atomic mass is 10.2. The summed E-state index contributed by atoms with van der Waals surface area (Å²) in [5.41, 5.74) is 0.733. The van der Waals surface area contributed by atoms with Crippen molar-refractivity contribution in [1.29, 1.82) is 0 Å². The summed E-state index contributed by atoms with van der Waals surface area (Å²) in [6.07, 6.45) is 4.50. The number of esters is 1. The Balaban J connectivity index is 2.87. The number of carbonyl (C=O) groups excluding carboxylic acids is 1. The topological polar surface area (TPSA) is 51.5 Å². The number of methoxy groups -OCH3 is 1. The maximum absolute atomic E-state index is 11.7. The van der Waals surface area contributed by atoms with Gasteiger partial charge in [-0.25, -0.2) is 4.79 Å². The first-order valence-electron chi connectivity index (χ1n) is 5.08. The van der Waals surface area contributed by atoms with Gasteiger partial charge in [-0.2, -0.15) is 11.8 Å². The summed E-state index contributed by atoms with van der Waals surface area (Å²) in [7, 11) is 1.39. The lowest BCUT2D eigenvalue weighted by Gasteiger charge is -2.18. The van der Waals surface area contributed by atoms with Crippen LogP contribution >= 0.6 is 11.8 Å². The van der Waals surface area contributed by atoms with Crippen LogP contribution in [-0.2, 0) is 16.1 Å². The molecule has 0 amide bonds. The monoisotopic (exact) mass is 243 g/mol. The molecule has 1 aromatic heterocycles. The Kier molecular flexibility index (Phi) is 5.42. The Bertz CT molecular complexity index is 338. The Labute approximate surface area is 99.6 Å². The van der Waals surface area contributed by atoms with Crippen LogP contribution in [0.1, 0.15) is 18.2 Å². The molecule has 1 rings (SSSR count). The number of rotatable bonds is 6. The average Bonchev–Trinajstić information content (AvgIpc) is 2.77. The van der Waals surface area contributed by atoms with E-state index in [-0.39, 0.29) is 18.6 Å². The highest BCUT2D eigenvalue weighted by Gasteiger charge is 2.21. The van der Waals surface area contributed by atoms with Gasteiger partial charge in [0.15, 0.2) is 0 Å². The number of hydrogen-bond donors (Lipinski definition) is 1. The SMILES string of the molecule is COC(=O)[C@H](CCSC)n1cccc1CO. The quantitative estimate of drug-likeness (QED) is 0.768. The molecule has 1 atom stereocenters. The number of aliphatic hydroxyl groups is 1. The molecule has 0 spiro atoms. The Morgan fingerprint density at radius 3 is 3.00 bits per heavy atom. The third-order valence-electron chi connectivity index (χ3n) is 2.43. The molecule has 16 heavy (non-hydrogen) atoms. The highest BCUT2D eigenvalue weighted by atomic mass is 32.2. The first kappa shape index (κ1) is 13.1. The normalized spacial score (nSPS) is 12.4. The summed E-state index contributed by atoms with van der Waals surface area (Å²) in [6.45, 7) is -0.0697. The van der Waals surface area contributed by atoms with Crippen molar-refractivity contribution in [3.8, 4) is 0 Å². The van der Waals surface area contributed by atoms with Crippen LogP contribution in [0, 0.1) is 0 Å². The molecule has 90 valence electrons. The van der Waals surface area contributed by atoms with Gasteiger partial charge < -0.3 is 14.4 Å². The third kappa shape index (κ3) is 3.02. The molecule has 0 unspecified atom stereocenters. The van der Waals surface area contributed by atoms with Gasteiger partial charge in [0.1, 0.15) is 6.04 Å². The van der Waals surface area contributed by atoms with Crippen LogP contribution in [0.15, 0.2) is 18.3 Å². The van der Waals surface area contributed by atoms with E-state index in [0.29, 0.717) is 6.42 Å². The predicted molar refractivity (Wildman–Crippen MR) is 64.4 cm³/mol. The lowest BCUT2D eigenvalue weighted by Crippen LogP contribution is -2.22. The van der Waals surface area contributed by atoms with Crippen LogP contribution in [-0.4, -0.2) is 34.8 Å². The van der Waals surface area contributed by atoms with Gasteiger partial charge in [0, 0.05) is 11.9 Å². The molecule has 1 aromatic rings. The van der Waals surface area contributed by atoms with Crippen LogP contribution < -0.4 is 0 Å². The van der Waals surface area contributed by atoms with E-state index in [9.17, 15) is 4.79 Å². The molecule has 5 heteroatoms. The molecule has 0 fully saturated rings. The fraction of sp³-hybridized carbons (Fsp3) is 0.545. The van der Waals surface area contributed by atoms with Crippen molar-refractivity contribution in [2.24, 2.45) is 0 Å². The van der Waals surface area contributed by atoms with Crippen LogP contribution in [0.2, 0.25) is 0 Å². The molecule has 0 saturated carbocycles. The van der Waals surface area contributed by atoms with Crippen molar-refractivity contribution in [1.82, 2.24) is 4.57 Å². The predicted octanol–water partition coefficient (Wildman–Crippen LogP) is 1.45. The number of ether oxygens (including phenoxy) is 1. The number of carbonyl (C=O) groups is 1. The first-order valence-corrected chi connectivity index (χ1v) is 6.47. The van der Waals surface area contributed by atoms with Crippen molar-refractivity contribution in [3.63, 3.8) is 0 Å². The van der Waals surface area contributed by atoms with Crippen LogP contribution in [0.4, 0.5) is 0 Å². The summed E-state index contributed by atoms with van der Waals surface area (Å²) >= 11 is 1.68. The maximum atomic E-state index is 11.7. The summed E-state index contributed by atoms with van der Waals surface area (Å²) in [5.74, 6) is 0.614. The minimum absolute atomic E-state index is 0.0697. The Hall–Kier alpha value is -0.940. The third-order valence-corrected chi connectivity index (χ3v) is 3.08. The second kappa shape index (κ2) is 6.60. The molecule has 0 aliphatic rings. The number of thioether (sulfide) groups is 1. The summed E-state index contributed by atoms with van der Waals surface area (Å²) in [4.78, 5) is 11.7. The summed E-state index contributed by atoms with van der Waals surface area (Å²) in [5, 5.41) is 9.16. The molecule has 1 N–H and O–H groups in total. The minimum Gasteiger partial charge on any atom is -0.467 e. The molecular formula is C11H17NO3S. The van der Waals surface area contributed by atoms with Crippen molar-refractivity contribution in [3.05, 3.63) is 24.0 Å². The number of hydrogen-bond acceptors (Lipinski definition) is 4. The molecule has 0 saturated heterocycles. The van der Waals surface area contributed by atoms with Crippen molar-refractivity contribution < 1.29 is 14.6 Å². The van der Waals surface area contributed by atoms with E-state index in [2.05, 4.69) is 0 Å². The Morgan fingerprint density at radius 1 is 1.69 bits per heavy atom. The number of aliphatic hydroxyl groups excluding tert-OH is 1.